The van der Waals surface area contributed by atoms with Crippen LogP contribution in [0.2, 0.25) is 5.02 Å². The number of rotatable bonds is 10. The van der Waals surface area contributed by atoms with Crippen molar-refractivity contribution in [1.29, 1.82) is 5.26 Å². The van der Waals surface area contributed by atoms with Crippen molar-refractivity contribution in [2.75, 3.05) is 25.6 Å². The van der Waals surface area contributed by atoms with E-state index in [1.807, 2.05) is 6.07 Å². The molecule has 9 heteroatoms. The number of nitriles is 1. The molecule has 0 aliphatic heterocycles. The van der Waals surface area contributed by atoms with Crippen LogP contribution in [0.3, 0.4) is 0 Å². The van der Waals surface area contributed by atoms with Crippen LogP contribution in [-0.4, -0.2) is 31.4 Å². The summed E-state index contributed by atoms with van der Waals surface area (Å²) in [6.07, 6.45) is 2.11. The van der Waals surface area contributed by atoms with E-state index in [2.05, 4.69) is 10.5 Å². The van der Waals surface area contributed by atoms with Crippen LogP contribution < -0.4 is 19.5 Å². The van der Waals surface area contributed by atoms with Gasteiger partial charge in [0.05, 0.1) is 20.3 Å². The van der Waals surface area contributed by atoms with E-state index < -0.39 is 5.91 Å². The summed E-state index contributed by atoms with van der Waals surface area (Å²) in [4.78, 5) is 12.3. The number of halogens is 1. The predicted molar refractivity (Wildman–Crippen MR) is 124 cm³/mol. The smallest absolute Gasteiger partial charge is 0.267 e. The highest BCUT2D eigenvalue weighted by Gasteiger charge is 2.13. The number of nitrogens with one attached hydrogen (secondary N) is 1. The molecule has 1 N–H and O–H groups in total. The fourth-order valence-electron chi connectivity index (χ4n) is 2.78. The quantitative estimate of drug-likeness (QED) is 0.253. The van der Waals surface area contributed by atoms with Gasteiger partial charge in [-0.2, -0.15) is 5.26 Å². The molecule has 0 saturated heterocycles. The molecule has 0 bridgehead atoms. The highest BCUT2D eigenvalue weighted by molar-refractivity contribution is 6.30. The molecule has 0 unspecified atom stereocenters. The summed E-state index contributed by atoms with van der Waals surface area (Å²) in [7, 11) is 1.52. The number of hydrogen-bond acceptors (Lipinski definition) is 7. The zero-order chi connectivity index (χ0) is 23.6. The lowest BCUT2D eigenvalue weighted by Gasteiger charge is -2.12. The van der Waals surface area contributed by atoms with Crippen LogP contribution in [0.1, 0.15) is 17.7 Å². The third kappa shape index (κ3) is 7.02. The van der Waals surface area contributed by atoms with Crippen LogP contribution in [-0.2, 0) is 4.79 Å². The number of nitrogens with zero attached hydrogens (tertiary/aromatic N) is 2. The third-order valence-corrected chi connectivity index (χ3v) is 4.61. The second kappa shape index (κ2) is 11.6. The van der Waals surface area contributed by atoms with Gasteiger partial charge in [-0.1, -0.05) is 22.8 Å². The minimum atomic E-state index is -0.592. The van der Waals surface area contributed by atoms with Gasteiger partial charge in [-0.15, -0.1) is 0 Å². The zero-order valence-electron chi connectivity index (χ0n) is 18.1. The topological polar surface area (TPSA) is 107 Å². The van der Waals surface area contributed by atoms with Gasteiger partial charge < -0.3 is 24.1 Å². The van der Waals surface area contributed by atoms with Gasteiger partial charge in [0.2, 0.25) is 0 Å². The first-order valence-corrected chi connectivity index (χ1v) is 10.4. The Morgan fingerprint density at radius 1 is 1.15 bits per heavy atom. The number of methoxy groups -OCH3 is 1. The van der Waals surface area contributed by atoms with Gasteiger partial charge in [0.15, 0.2) is 17.3 Å². The first-order valence-electron chi connectivity index (χ1n) is 10.0. The molecule has 1 amide bonds. The van der Waals surface area contributed by atoms with E-state index in [0.29, 0.717) is 47.5 Å². The molecule has 3 rings (SSSR count). The molecule has 0 spiro atoms. The molecule has 33 heavy (non-hydrogen) atoms. The van der Waals surface area contributed by atoms with Crippen molar-refractivity contribution < 1.29 is 23.5 Å². The van der Waals surface area contributed by atoms with Crippen molar-refractivity contribution in [3.63, 3.8) is 0 Å². The number of carbonyl (C=O) groups excluding carboxylic acids is 1. The predicted octanol–water partition coefficient (Wildman–Crippen LogP) is 5.04. The van der Waals surface area contributed by atoms with Gasteiger partial charge in [0.25, 0.3) is 5.91 Å². The molecule has 0 aliphatic rings. The summed E-state index contributed by atoms with van der Waals surface area (Å²) >= 11 is 5.86. The maximum atomic E-state index is 12.3. The first kappa shape index (κ1) is 23.7. The molecule has 1 aromatic heterocycles. The second-order valence-corrected chi connectivity index (χ2v) is 7.30. The van der Waals surface area contributed by atoms with E-state index in [4.69, 9.17) is 30.3 Å². The Kier molecular flexibility index (Phi) is 8.33. The van der Waals surface area contributed by atoms with Crippen LogP contribution in [0.25, 0.3) is 6.08 Å². The average Bonchev–Trinajstić information content (AvgIpc) is 3.23. The second-order valence-electron chi connectivity index (χ2n) is 6.86. The lowest BCUT2D eigenvalue weighted by molar-refractivity contribution is -0.112. The van der Waals surface area contributed by atoms with Gasteiger partial charge >= 0.3 is 0 Å². The maximum absolute atomic E-state index is 12.3. The van der Waals surface area contributed by atoms with E-state index in [9.17, 15) is 10.1 Å². The van der Waals surface area contributed by atoms with E-state index in [0.717, 1.165) is 5.75 Å². The number of amides is 1. The lowest BCUT2D eigenvalue weighted by Crippen LogP contribution is -2.13. The molecular formula is C24H22ClN3O5. The molecule has 0 saturated carbocycles. The number of aromatic nitrogens is 1. The summed E-state index contributed by atoms with van der Waals surface area (Å²) in [5, 5.41) is 16.2. The van der Waals surface area contributed by atoms with Crippen molar-refractivity contribution in [3.8, 4) is 23.3 Å². The van der Waals surface area contributed by atoms with Gasteiger partial charge in [-0.3, -0.25) is 4.79 Å². The summed E-state index contributed by atoms with van der Waals surface area (Å²) in [5.41, 5.74) is 0.513. The number of carbonyl (C=O) groups is 1. The maximum Gasteiger partial charge on any atom is 0.267 e. The molecule has 170 valence electrons. The summed E-state index contributed by atoms with van der Waals surface area (Å²) in [6, 6.07) is 15.7. The highest BCUT2D eigenvalue weighted by Crippen LogP contribution is 2.29. The number of hydrogen-bond donors (Lipinski definition) is 1. The minimum absolute atomic E-state index is 0.0919. The average molecular weight is 468 g/mol. The zero-order valence-corrected chi connectivity index (χ0v) is 18.9. The number of ether oxygens (including phenoxy) is 3. The van der Waals surface area contributed by atoms with E-state index in [1.54, 1.807) is 55.5 Å². The van der Waals surface area contributed by atoms with Gasteiger partial charge in [-0.05, 0) is 55.0 Å². The molecule has 3 aromatic rings. The molecule has 2 aromatic carbocycles. The van der Waals surface area contributed by atoms with E-state index in [1.165, 1.54) is 13.2 Å². The standard InChI is InChI=1S/C24H22ClN3O5/c1-16-12-23(28-33-16)27-24(29)18(15-26)13-17-4-9-21(22(14-17)30-2)32-11-3-10-31-20-7-5-19(25)6-8-20/h4-9,12-14H,3,10-11H2,1-2H3,(H,27,28,29)/b18-13-. The van der Waals surface area contributed by atoms with Gasteiger partial charge in [-0.25, -0.2) is 0 Å². The Morgan fingerprint density at radius 3 is 2.58 bits per heavy atom. The Hall–Kier alpha value is -3.96. The van der Waals surface area contributed by atoms with E-state index in [-0.39, 0.29) is 11.4 Å². The highest BCUT2D eigenvalue weighted by atomic mass is 35.5. The number of aryl methyl sites for hydroxylation is 1. The van der Waals surface area contributed by atoms with Crippen molar-refractivity contribution in [1.82, 2.24) is 5.16 Å². The van der Waals surface area contributed by atoms with Crippen LogP contribution in [0.4, 0.5) is 5.82 Å². The third-order valence-electron chi connectivity index (χ3n) is 4.36. The Balaban J connectivity index is 1.56. The van der Waals surface area contributed by atoms with Crippen LogP contribution in [0, 0.1) is 18.3 Å². The van der Waals surface area contributed by atoms with E-state index >= 15 is 0 Å². The SMILES string of the molecule is COc1cc(/C=C(/C#N)C(=O)Nc2cc(C)on2)ccc1OCCCOc1ccc(Cl)cc1. The lowest BCUT2D eigenvalue weighted by atomic mass is 10.1. The minimum Gasteiger partial charge on any atom is -0.493 e. The van der Waals surface area contributed by atoms with Crippen LogP contribution in [0.15, 0.2) is 58.6 Å². The van der Waals surface area contributed by atoms with Crippen molar-refractivity contribution >= 4 is 29.4 Å². The van der Waals surface area contributed by atoms with Crippen molar-refractivity contribution in [2.24, 2.45) is 0 Å². The molecular weight excluding hydrogens is 446 g/mol. The molecule has 1 heterocycles. The number of anilines is 1. The Bertz CT molecular complexity index is 1170. The summed E-state index contributed by atoms with van der Waals surface area (Å²) in [6.45, 7) is 2.60. The van der Waals surface area contributed by atoms with Crippen molar-refractivity contribution in [2.45, 2.75) is 13.3 Å². The summed E-state index contributed by atoms with van der Waals surface area (Å²) in [5.74, 6) is 1.95. The fraction of sp³-hybridized carbons (Fsp3) is 0.208. The van der Waals surface area contributed by atoms with Gasteiger partial charge in [0, 0.05) is 17.5 Å². The van der Waals surface area contributed by atoms with Crippen LogP contribution >= 0.6 is 11.6 Å². The molecule has 8 nitrogen and oxygen atoms in total. The summed E-state index contributed by atoms with van der Waals surface area (Å²) < 4.78 is 21.7. The molecule has 0 atom stereocenters. The molecule has 0 radical (unpaired) electrons. The van der Waals surface area contributed by atoms with Crippen molar-refractivity contribution in [3.05, 3.63) is 70.5 Å². The first-order chi connectivity index (χ1) is 16.0. The Labute approximate surface area is 196 Å². The van der Waals surface area contributed by atoms with Gasteiger partial charge in [0.1, 0.15) is 23.2 Å². The molecule has 0 aliphatic carbocycles. The monoisotopic (exact) mass is 467 g/mol. The van der Waals surface area contributed by atoms with Crippen LogP contribution in [0.5, 0.6) is 17.2 Å². The fourth-order valence-corrected chi connectivity index (χ4v) is 2.91. The molecule has 0 fully saturated rings. The Morgan fingerprint density at radius 2 is 1.91 bits per heavy atom. The largest absolute Gasteiger partial charge is 0.493 e. The normalized spacial score (nSPS) is 10.9. The number of benzene rings is 2.